The maximum Gasteiger partial charge on any atom is 0.0447 e. The maximum absolute atomic E-state index is 4.47. The van der Waals surface area contributed by atoms with Gasteiger partial charge in [-0.1, -0.05) is 20.8 Å². The van der Waals surface area contributed by atoms with Crippen molar-refractivity contribution in [3.63, 3.8) is 0 Å². The fourth-order valence-electron chi connectivity index (χ4n) is 2.37. The van der Waals surface area contributed by atoms with E-state index in [1.54, 1.807) is 0 Å². The average molecular weight is 277 g/mol. The van der Waals surface area contributed by atoms with E-state index < -0.39 is 0 Å². The van der Waals surface area contributed by atoms with Crippen LogP contribution in [0, 0.1) is 12.8 Å². The minimum atomic E-state index is 0.514. The van der Waals surface area contributed by atoms with E-state index in [1.807, 2.05) is 6.20 Å². The molecule has 1 aromatic heterocycles. The van der Waals surface area contributed by atoms with Gasteiger partial charge in [-0.25, -0.2) is 0 Å². The first-order valence-electron chi connectivity index (χ1n) is 7.88. The standard InChI is InChI=1S/C17H31N3/c1-7-8-20(14(4)5)17-9-15(6)19-12-16(17)11-18-10-13(2)3/h9,12-14,18H,7-8,10-11H2,1-6H3. The smallest absolute Gasteiger partial charge is 0.0447 e. The molecule has 0 aromatic carbocycles. The highest BCUT2D eigenvalue weighted by Gasteiger charge is 2.14. The average Bonchev–Trinajstić information content (AvgIpc) is 2.37. The first kappa shape index (κ1) is 17.0. The van der Waals surface area contributed by atoms with Crippen molar-refractivity contribution in [2.45, 2.75) is 60.5 Å². The normalized spacial score (nSPS) is 11.4. The summed E-state index contributed by atoms with van der Waals surface area (Å²) in [4.78, 5) is 6.96. The highest BCUT2D eigenvalue weighted by molar-refractivity contribution is 5.54. The zero-order valence-corrected chi connectivity index (χ0v) is 14.0. The van der Waals surface area contributed by atoms with Gasteiger partial charge in [0.1, 0.15) is 0 Å². The summed E-state index contributed by atoms with van der Waals surface area (Å²) in [7, 11) is 0. The number of rotatable bonds is 8. The molecular weight excluding hydrogens is 246 g/mol. The van der Waals surface area contributed by atoms with Gasteiger partial charge in [0.2, 0.25) is 0 Å². The van der Waals surface area contributed by atoms with Crippen molar-refractivity contribution in [2.24, 2.45) is 5.92 Å². The molecule has 0 spiro atoms. The summed E-state index contributed by atoms with van der Waals surface area (Å²) >= 11 is 0. The van der Waals surface area contributed by atoms with Gasteiger partial charge in [-0.3, -0.25) is 4.98 Å². The molecule has 0 aliphatic carbocycles. The largest absolute Gasteiger partial charge is 0.369 e. The van der Waals surface area contributed by atoms with E-state index in [0.717, 1.165) is 25.3 Å². The van der Waals surface area contributed by atoms with Crippen molar-refractivity contribution in [3.05, 3.63) is 23.5 Å². The number of anilines is 1. The van der Waals surface area contributed by atoms with E-state index in [4.69, 9.17) is 0 Å². The molecular formula is C17H31N3. The van der Waals surface area contributed by atoms with E-state index >= 15 is 0 Å². The van der Waals surface area contributed by atoms with Crippen molar-refractivity contribution >= 4 is 5.69 Å². The lowest BCUT2D eigenvalue weighted by molar-refractivity contribution is 0.550. The number of pyridine rings is 1. The Kier molecular flexibility index (Phi) is 7.00. The lowest BCUT2D eigenvalue weighted by Gasteiger charge is -2.31. The van der Waals surface area contributed by atoms with Crippen LogP contribution in [0.15, 0.2) is 12.3 Å². The van der Waals surface area contributed by atoms with E-state index in [2.05, 4.69) is 62.8 Å². The number of aryl methyl sites for hydroxylation is 1. The first-order valence-corrected chi connectivity index (χ1v) is 7.88. The van der Waals surface area contributed by atoms with Gasteiger partial charge in [0.05, 0.1) is 0 Å². The molecule has 3 nitrogen and oxygen atoms in total. The summed E-state index contributed by atoms with van der Waals surface area (Å²) in [5.74, 6) is 0.675. The van der Waals surface area contributed by atoms with Crippen molar-refractivity contribution in [3.8, 4) is 0 Å². The second-order valence-corrected chi connectivity index (χ2v) is 6.27. The lowest BCUT2D eigenvalue weighted by atomic mass is 10.1. The highest BCUT2D eigenvalue weighted by Crippen LogP contribution is 2.23. The third-order valence-corrected chi connectivity index (χ3v) is 3.36. The van der Waals surface area contributed by atoms with Crippen LogP contribution >= 0.6 is 0 Å². The van der Waals surface area contributed by atoms with Crippen LogP contribution < -0.4 is 10.2 Å². The minimum Gasteiger partial charge on any atom is -0.369 e. The third kappa shape index (κ3) is 5.12. The summed E-state index contributed by atoms with van der Waals surface area (Å²) in [5, 5.41) is 3.53. The number of nitrogens with one attached hydrogen (secondary N) is 1. The molecule has 0 unspecified atom stereocenters. The molecule has 0 saturated carbocycles. The quantitative estimate of drug-likeness (QED) is 0.784. The molecule has 3 heteroatoms. The van der Waals surface area contributed by atoms with Crippen molar-refractivity contribution < 1.29 is 0 Å². The van der Waals surface area contributed by atoms with Gasteiger partial charge in [0.15, 0.2) is 0 Å². The van der Waals surface area contributed by atoms with Gasteiger partial charge < -0.3 is 10.2 Å². The van der Waals surface area contributed by atoms with Crippen LogP contribution in [-0.4, -0.2) is 24.1 Å². The molecule has 0 atom stereocenters. The number of aromatic nitrogens is 1. The van der Waals surface area contributed by atoms with Crippen molar-refractivity contribution in [2.75, 3.05) is 18.0 Å². The van der Waals surface area contributed by atoms with Crippen molar-refractivity contribution in [1.29, 1.82) is 0 Å². The predicted molar refractivity (Wildman–Crippen MR) is 88.3 cm³/mol. The molecule has 0 aliphatic rings. The molecule has 114 valence electrons. The molecule has 1 rings (SSSR count). The molecule has 0 aliphatic heterocycles. The molecule has 0 amide bonds. The third-order valence-electron chi connectivity index (χ3n) is 3.36. The minimum absolute atomic E-state index is 0.514. The summed E-state index contributed by atoms with van der Waals surface area (Å²) < 4.78 is 0. The van der Waals surface area contributed by atoms with Gasteiger partial charge >= 0.3 is 0 Å². The SMILES string of the molecule is CCCN(c1cc(C)ncc1CNCC(C)C)C(C)C. The summed E-state index contributed by atoms with van der Waals surface area (Å²) in [6.07, 6.45) is 3.20. The van der Waals surface area contributed by atoms with Gasteiger partial charge in [0, 0.05) is 42.3 Å². The topological polar surface area (TPSA) is 28.2 Å². The Morgan fingerprint density at radius 2 is 1.95 bits per heavy atom. The molecule has 0 radical (unpaired) electrons. The van der Waals surface area contributed by atoms with Gasteiger partial charge in [-0.05, 0) is 45.7 Å². The zero-order valence-electron chi connectivity index (χ0n) is 14.0. The zero-order chi connectivity index (χ0) is 15.1. The molecule has 0 fully saturated rings. The number of hydrogen-bond acceptors (Lipinski definition) is 3. The molecule has 0 bridgehead atoms. The second kappa shape index (κ2) is 8.25. The predicted octanol–water partition coefficient (Wildman–Crippen LogP) is 3.76. The molecule has 1 heterocycles. The molecule has 1 aromatic rings. The maximum atomic E-state index is 4.47. The Morgan fingerprint density at radius 1 is 1.25 bits per heavy atom. The van der Waals surface area contributed by atoms with E-state index in [0.29, 0.717) is 12.0 Å². The van der Waals surface area contributed by atoms with Gasteiger partial charge in [0.25, 0.3) is 0 Å². The summed E-state index contributed by atoms with van der Waals surface area (Å²) in [5.41, 5.74) is 3.73. The van der Waals surface area contributed by atoms with Gasteiger partial charge in [-0.2, -0.15) is 0 Å². The van der Waals surface area contributed by atoms with Crippen molar-refractivity contribution in [1.82, 2.24) is 10.3 Å². The van der Waals surface area contributed by atoms with Gasteiger partial charge in [-0.15, -0.1) is 0 Å². The second-order valence-electron chi connectivity index (χ2n) is 6.27. The molecule has 20 heavy (non-hydrogen) atoms. The fourth-order valence-corrected chi connectivity index (χ4v) is 2.37. The van der Waals surface area contributed by atoms with Crippen LogP contribution in [-0.2, 0) is 6.54 Å². The summed E-state index contributed by atoms with van der Waals surface area (Å²) in [6, 6.07) is 2.74. The Hall–Kier alpha value is -1.09. The number of hydrogen-bond donors (Lipinski definition) is 1. The molecule has 0 saturated heterocycles. The first-order chi connectivity index (χ1) is 9.45. The Balaban J connectivity index is 2.93. The number of nitrogens with zero attached hydrogens (tertiary/aromatic N) is 2. The Labute approximate surface area is 124 Å². The molecule has 1 N–H and O–H groups in total. The Morgan fingerprint density at radius 3 is 2.50 bits per heavy atom. The van der Waals surface area contributed by atoms with Crippen LogP contribution in [0.25, 0.3) is 0 Å². The summed E-state index contributed by atoms with van der Waals surface area (Å²) in [6.45, 7) is 16.3. The lowest BCUT2D eigenvalue weighted by Crippen LogP contribution is -2.33. The van der Waals surface area contributed by atoms with Crippen LogP contribution in [0.3, 0.4) is 0 Å². The van der Waals surface area contributed by atoms with E-state index in [-0.39, 0.29) is 0 Å². The monoisotopic (exact) mass is 277 g/mol. The Bertz CT molecular complexity index is 399. The van der Waals surface area contributed by atoms with Crippen LogP contribution in [0.2, 0.25) is 0 Å². The van der Waals surface area contributed by atoms with Crippen LogP contribution in [0.5, 0.6) is 0 Å². The fraction of sp³-hybridized carbons (Fsp3) is 0.706. The van der Waals surface area contributed by atoms with Crippen LogP contribution in [0.1, 0.15) is 52.3 Å². The van der Waals surface area contributed by atoms with E-state index in [9.17, 15) is 0 Å². The van der Waals surface area contributed by atoms with E-state index in [1.165, 1.54) is 17.7 Å². The van der Waals surface area contributed by atoms with Crippen LogP contribution in [0.4, 0.5) is 5.69 Å². The highest BCUT2D eigenvalue weighted by atomic mass is 15.2.